The standard InChI is InChI=1S/C19H26N6O2/c1-16-20-17(14-18(21-16)24-10-12-27-13-11-24)23-6-8-25(9-7-23)19(26)15-22-4-2-3-5-22/h2-5,14H,6-13,15H2,1H3. The molecule has 0 atom stereocenters. The zero-order valence-electron chi connectivity index (χ0n) is 15.8. The Labute approximate surface area is 159 Å². The number of aromatic nitrogens is 3. The number of nitrogens with zero attached hydrogens (tertiary/aromatic N) is 6. The van der Waals surface area contributed by atoms with Crippen molar-refractivity contribution in [3.8, 4) is 0 Å². The molecule has 2 aliphatic heterocycles. The van der Waals surface area contributed by atoms with E-state index in [0.717, 1.165) is 69.9 Å². The normalized spacial score (nSPS) is 18.0. The number of ether oxygens (including phenoxy) is 1. The second-order valence-electron chi connectivity index (χ2n) is 6.95. The lowest BCUT2D eigenvalue weighted by Gasteiger charge is -2.36. The zero-order chi connectivity index (χ0) is 18.6. The van der Waals surface area contributed by atoms with E-state index >= 15 is 0 Å². The third-order valence-corrected chi connectivity index (χ3v) is 5.09. The third kappa shape index (κ3) is 4.21. The minimum atomic E-state index is 0.165. The van der Waals surface area contributed by atoms with Crippen LogP contribution in [0.4, 0.5) is 11.6 Å². The van der Waals surface area contributed by atoms with Crippen molar-refractivity contribution in [3.63, 3.8) is 0 Å². The summed E-state index contributed by atoms with van der Waals surface area (Å²) in [5.74, 6) is 2.85. The van der Waals surface area contributed by atoms with Crippen LogP contribution in [0.2, 0.25) is 0 Å². The van der Waals surface area contributed by atoms with Crippen molar-refractivity contribution in [2.24, 2.45) is 0 Å². The number of rotatable bonds is 4. The lowest BCUT2D eigenvalue weighted by molar-refractivity contribution is -0.132. The Kier molecular flexibility index (Phi) is 5.24. The van der Waals surface area contributed by atoms with Crippen molar-refractivity contribution in [1.82, 2.24) is 19.4 Å². The lowest BCUT2D eigenvalue weighted by atomic mass is 10.3. The van der Waals surface area contributed by atoms with E-state index in [1.807, 2.05) is 40.9 Å². The van der Waals surface area contributed by atoms with Crippen LogP contribution in [0, 0.1) is 6.92 Å². The molecule has 2 fully saturated rings. The van der Waals surface area contributed by atoms with Crippen LogP contribution in [0.15, 0.2) is 30.6 Å². The Bertz CT molecular complexity index is 765. The van der Waals surface area contributed by atoms with Crippen molar-refractivity contribution in [2.45, 2.75) is 13.5 Å². The quantitative estimate of drug-likeness (QED) is 0.792. The second kappa shape index (κ2) is 7.96. The molecule has 2 aliphatic rings. The number of hydrogen-bond acceptors (Lipinski definition) is 6. The van der Waals surface area contributed by atoms with Gasteiger partial charge in [0.15, 0.2) is 0 Å². The van der Waals surface area contributed by atoms with Crippen molar-refractivity contribution in [1.29, 1.82) is 0 Å². The fraction of sp³-hybridized carbons (Fsp3) is 0.526. The summed E-state index contributed by atoms with van der Waals surface area (Å²) in [6.45, 7) is 8.54. The number of aryl methyl sites for hydroxylation is 1. The van der Waals surface area contributed by atoms with Gasteiger partial charge in [0.1, 0.15) is 24.0 Å². The molecule has 8 heteroatoms. The van der Waals surface area contributed by atoms with E-state index in [9.17, 15) is 4.79 Å². The van der Waals surface area contributed by atoms with Gasteiger partial charge in [-0.3, -0.25) is 4.79 Å². The molecule has 2 aromatic rings. The molecule has 2 saturated heterocycles. The van der Waals surface area contributed by atoms with E-state index in [1.54, 1.807) is 0 Å². The zero-order valence-corrected chi connectivity index (χ0v) is 15.8. The molecule has 0 radical (unpaired) electrons. The first-order chi connectivity index (χ1) is 13.2. The van der Waals surface area contributed by atoms with E-state index < -0.39 is 0 Å². The van der Waals surface area contributed by atoms with E-state index in [0.29, 0.717) is 6.54 Å². The number of amides is 1. The van der Waals surface area contributed by atoms with Gasteiger partial charge in [-0.2, -0.15) is 0 Å². The van der Waals surface area contributed by atoms with Gasteiger partial charge in [0.2, 0.25) is 5.91 Å². The molecule has 0 spiro atoms. The molecule has 0 N–H and O–H groups in total. The topological polar surface area (TPSA) is 66.7 Å². The first kappa shape index (κ1) is 17.8. The van der Waals surface area contributed by atoms with E-state index in [-0.39, 0.29) is 5.91 Å². The third-order valence-electron chi connectivity index (χ3n) is 5.09. The SMILES string of the molecule is Cc1nc(N2CCOCC2)cc(N2CCN(C(=O)Cn3cccc3)CC2)n1. The second-order valence-corrected chi connectivity index (χ2v) is 6.95. The highest BCUT2D eigenvalue weighted by molar-refractivity contribution is 5.76. The van der Waals surface area contributed by atoms with Crippen LogP contribution < -0.4 is 9.80 Å². The highest BCUT2D eigenvalue weighted by Gasteiger charge is 2.23. The average Bonchev–Trinajstić information content (AvgIpc) is 3.21. The van der Waals surface area contributed by atoms with Crippen LogP contribution in [0.25, 0.3) is 0 Å². The Hall–Kier alpha value is -2.61. The van der Waals surface area contributed by atoms with Crippen molar-refractivity contribution in [3.05, 3.63) is 36.4 Å². The summed E-state index contributed by atoms with van der Waals surface area (Å²) in [4.78, 5) is 28.1. The van der Waals surface area contributed by atoms with Crippen LogP contribution in [0.5, 0.6) is 0 Å². The summed E-state index contributed by atoms with van der Waals surface area (Å²) >= 11 is 0. The van der Waals surface area contributed by atoms with Gasteiger partial charge in [0, 0.05) is 57.7 Å². The summed E-state index contributed by atoms with van der Waals surface area (Å²) in [6.07, 6.45) is 3.84. The molecule has 4 rings (SSSR count). The summed E-state index contributed by atoms with van der Waals surface area (Å²) in [5.41, 5.74) is 0. The van der Waals surface area contributed by atoms with Crippen LogP contribution in [-0.4, -0.2) is 77.8 Å². The van der Waals surface area contributed by atoms with Gasteiger partial charge in [-0.25, -0.2) is 9.97 Å². The van der Waals surface area contributed by atoms with Crippen molar-refractivity contribution >= 4 is 17.5 Å². The predicted octanol–water partition coefficient (Wildman–Crippen LogP) is 0.772. The molecule has 0 saturated carbocycles. The highest BCUT2D eigenvalue weighted by atomic mass is 16.5. The van der Waals surface area contributed by atoms with Gasteiger partial charge < -0.3 is 24.0 Å². The molecular formula is C19H26N6O2. The predicted molar refractivity (Wildman–Crippen MR) is 103 cm³/mol. The van der Waals surface area contributed by atoms with Crippen LogP contribution in [0.3, 0.4) is 0 Å². The molecule has 2 aromatic heterocycles. The van der Waals surface area contributed by atoms with Crippen molar-refractivity contribution in [2.75, 3.05) is 62.3 Å². The first-order valence-corrected chi connectivity index (χ1v) is 9.51. The van der Waals surface area contributed by atoms with E-state index in [4.69, 9.17) is 4.74 Å². The molecule has 1 amide bonds. The lowest BCUT2D eigenvalue weighted by Crippen LogP contribution is -2.50. The largest absolute Gasteiger partial charge is 0.378 e. The van der Waals surface area contributed by atoms with Crippen LogP contribution >= 0.6 is 0 Å². The number of piperazine rings is 1. The van der Waals surface area contributed by atoms with Crippen molar-refractivity contribution < 1.29 is 9.53 Å². The fourth-order valence-corrected chi connectivity index (χ4v) is 3.57. The minimum absolute atomic E-state index is 0.165. The summed E-state index contributed by atoms with van der Waals surface area (Å²) < 4.78 is 7.35. The van der Waals surface area contributed by atoms with E-state index in [1.165, 1.54) is 0 Å². The Morgan fingerprint density at radius 2 is 1.56 bits per heavy atom. The summed E-state index contributed by atoms with van der Waals surface area (Å²) in [5, 5.41) is 0. The molecule has 27 heavy (non-hydrogen) atoms. The number of carbonyl (C=O) groups is 1. The van der Waals surface area contributed by atoms with Gasteiger partial charge >= 0.3 is 0 Å². The Morgan fingerprint density at radius 1 is 0.963 bits per heavy atom. The maximum atomic E-state index is 12.5. The van der Waals surface area contributed by atoms with Gasteiger partial charge in [-0.15, -0.1) is 0 Å². The van der Waals surface area contributed by atoms with Gasteiger partial charge in [-0.05, 0) is 19.1 Å². The number of morpholine rings is 1. The fourth-order valence-electron chi connectivity index (χ4n) is 3.57. The molecule has 0 aliphatic carbocycles. The minimum Gasteiger partial charge on any atom is -0.378 e. The molecule has 144 valence electrons. The highest BCUT2D eigenvalue weighted by Crippen LogP contribution is 2.21. The smallest absolute Gasteiger partial charge is 0.242 e. The molecule has 8 nitrogen and oxygen atoms in total. The maximum absolute atomic E-state index is 12.5. The van der Waals surface area contributed by atoms with E-state index in [2.05, 4.69) is 25.8 Å². The average molecular weight is 370 g/mol. The first-order valence-electron chi connectivity index (χ1n) is 9.51. The monoisotopic (exact) mass is 370 g/mol. The number of carbonyl (C=O) groups excluding carboxylic acids is 1. The van der Waals surface area contributed by atoms with Gasteiger partial charge in [0.05, 0.1) is 13.2 Å². The Morgan fingerprint density at radius 3 is 2.19 bits per heavy atom. The summed E-state index contributed by atoms with van der Waals surface area (Å²) in [7, 11) is 0. The maximum Gasteiger partial charge on any atom is 0.242 e. The van der Waals surface area contributed by atoms with Gasteiger partial charge in [0.25, 0.3) is 0 Å². The molecule has 0 unspecified atom stereocenters. The van der Waals surface area contributed by atoms with Crippen LogP contribution in [-0.2, 0) is 16.1 Å². The molecule has 4 heterocycles. The Balaban J connectivity index is 1.39. The molecule has 0 bridgehead atoms. The number of hydrogen-bond donors (Lipinski definition) is 0. The molecule has 0 aromatic carbocycles. The molecular weight excluding hydrogens is 344 g/mol. The van der Waals surface area contributed by atoms with Crippen LogP contribution in [0.1, 0.15) is 5.82 Å². The van der Waals surface area contributed by atoms with Gasteiger partial charge in [-0.1, -0.05) is 0 Å². The number of anilines is 2. The summed E-state index contributed by atoms with van der Waals surface area (Å²) in [6, 6.07) is 5.94.